The summed E-state index contributed by atoms with van der Waals surface area (Å²) in [6.07, 6.45) is 1.43. The number of aromatic amines is 1. The van der Waals surface area contributed by atoms with E-state index in [2.05, 4.69) is 15.2 Å². The summed E-state index contributed by atoms with van der Waals surface area (Å²) >= 11 is 1.41. The van der Waals surface area contributed by atoms with Crippen molar-refractivity contribution in [3.8, 4) is 0 Å². The summed E-state index contributed by atoms with van der Waals surface area (Å²) in [6.45, 7) is 0.354. The highest BCUT2D eigenvalue weighted by atomic mass is 32.2. The van der Waals surface area contributed by atoms with E-state index >= 15 is 0 Å². The van der Waals surface area contributed by atoms with Gasteiger partial charge in [0.25, 0.3) is 0 Å². The van der Waals surface area contributed by atoms with Gasteiger partial charge in [-0.3, -0.25) is 5.10 Å². The summed E-state index contributed by atoms with van der Waals surface area (Å²) in [6, 6.07) is 5.05. The second kappa shape index (κ2) is 5.09. The standard InChI is InChI=1S/C10H11FN4S/c11-9-3-7(4-12)1-2-8(9)5-16-10-13-6-14-15-10/h1-3,6H,4-5,12H2,(H,13,14,15). The lowest BCUT2D eigenvalue weighted by Gasteiger charge is -2.03. The molecule has 0 aliphatic carbocycles. The van der Waals surface area contributed by atoms with E-state index < -0.39 is 0 Å². The van der Waals surface area contributed by atoms with Crippen molar-refractivity contribution in [1.29, 1.82) is 0 Å². The van der Waals surface area contributed by atoms with Crippen molar-refractivity contribution in [1.82, 2.24) is 15.2 Å². The Bertz CT molecular complexity index is 458. The van der Waals surface area contributed by atoms with Gasteiger partial charge < -0.3 is 5.73 Å². The fourth-order valence-corrected chi connectivity index (χ4v) is 2.01. The molecule has 3 N–H and O–H groups in total. The number of nitrogens with one attached hydrogen (secondary N) is 1. The first-order chi connectivity index (χ1) is 7.79. The Balaban J connectivity index is 2.04. The molecule has 2 rings (SSSR count). The number of benzene rings is 1. The minimum absolute atomic E-state index is 0.227. The van der Waals surface area contributed by atoms with E-state index in [0.29, 0.717) is 23.0 Å². The fourth-order valence-electron chi connectivity index (χ4n) is 1.24. The molecule has 0 spiro atoms. The van der Waals surface area contributed by atoms with Crippen LogP contribution in [0.2, 0.25) is 0 Å². The van der Waals surface area contributed by atoms with Crippen LogP contribution in [-0.2, 0) is 12.3 Å². The highest BCUT2D eigenvalue weighted by molar-refractivity contribution is 7.98. The van der Waals surface area contributed by atoms with Gasteiger partial charge in [-0.05, 0) is 17.2 Å². The Morgan fingerprint density at radius 2 is 2.31 bits per heavy atom. The normalized spacial score (nSPS) is 10.6. The smallest absolute Gasteiger partial charge is 0.183 e. The van der Waals surface area contributed by atoms with Gasteiger partial charge in [0.15, 0.2) is 5.16 Å². The molecule has 0 saturated carbocycles. The lowest BCUT2D eigenvalue weighted by molar-refractivity contribution is 0.615. The number of nitrogens with zero attached hydrogens (tertiary/aromatic N) is 2. The van der Waals surface area contributed by atoms with Crippen LogP contribution < -0.4 is 5.73 Å². The van der Waals surface area contributed by atoms with Gasteiger partial charge in [-0.2, -0.15) is 5.10 Å². The molecule has 0 unspecified atom stereocenters. The molecule has 0 amide bonds. The van der Waals surface area contributed by atoms with Gasteiger partial charge in [-0.15, -0.1) is 0 Å². The molecule has 0 bridgehead atoms. The largest absolute Gasteiger partial charge is 0.326 e. The zero-order valence-corrected chi connectivity index (χ0v) is 9.30. The van der Waals surface area contributed by atoms with Gasteiger partial charge in [0, 0.05) is 12.3 Å². The quantitative estimate of drug-likeness (QED) is 0.795. The number of hydrogen-bond donors (Lipinski definition) is 2. The molecule has 1 aromatic carbocycles. The third kappa shape index (κ3) is 2.59. The summed E-state index contributed by atoms with van der Waals surface area (Å²) < 4.78 is 13.6. The Kier molecular flexibility index (Phi) is 3.53. The Morgan fingerprint density at radius 1 is 1.44 bits per heavy atom. The number of aromatic nitrogens is 3. The van der Waals surface area contributed by atoms with E-state index in [0.717, 1.165) is 5.56 Å². The SMILES string of the molecule is NCc1ccc(CSc2ncn[nH]2)c(F)c1. The van der Waals surface area contributed by atoms with Crippen molar-refractivity contribution < 1.29 is 4.39 Å². The van der Waals surface area contributed by atoms with Crippen LogP contribution in [0.4, 0.5) is 4.39 Å². The highest BCUT2D eigenvalue weighted by Gasteiger charge is 2.05. The maximum absolute atomic E-state index is 13.6. The monoisotopic (exact) mass is 238 g/mol. The van der Waals surface area contributed by atoms with Gasteiger partial charge >= 0.3 is 0 Å². The molecule has 0 atom stereocenters. The predicted molar refractivity (Wildman–Crippen MR) is 60.2 cm³/mol. The van der Waals surface area contributed by atoms with E-state index in [-0.39, 0.29) is 5.82 Å². The van der Waals surface area contributed by atoms with Crippen LogP contribution in [0.1, 0.15) is 11.1 Å². The van der Waals surface area contributed by atoms with Gasteiger partial charge in [0.1, 0.15) is 12.1 Å². The maximum atomic E-state index is 13.6. The van der Waals surface area contributed by atoms with Crippen LogP contribution in [0.25, 0.3) is 0 Å². The maximum Gasteiger partial charge on any atom is 0.183 e. The zero-order valence-electron chi connectivity index (χ0n) is 8.48. The van der Waals surface area contributed by atoms with Crippen molar-refractivity contribution >= 4 is 11.8 Å². The van der Waals surface area contributed by atoms with E-state index in [1.165, 1.54) is 24.2 Å². The van der Waals surface area contributed by atoms with Crippen molar-refractivity contribution in [2.75, 3.05) is 0 Å². The molecule has 0 aliphatic heterocycles. The van der Waals surface area contributed by atoms with Crippen molar-refractivity contribution in [2.24, 2.45) is 5.73 Å². The number of halogens is 1. The summed E-state index contributed by atoms with van der Waals surface area (Å²) in [5.41, 5.74) is 6.86. The Labute approximate surface area is 96.5 Å². The first kappa shape index (κ1) is 11.1. The molecule has 1 aromatic heterocycles. The molecule has 0 fully saturated rings. The first-order valence-electron chi connectivity index (χ1n) is 4.75. The molecular formula is C10H11FN4S. The summed E-state index contributed by atoms with van der Waals surface area (Å²) in [5, 5.41) is 7.11. The molecule has 1 heterocycles. The molecule has 6 heteroatoms. The van der Waals surface area contributed by atoms with Crippen LogP contribution in [0.3, 0.4) is 0 Å². The van der Waals surface area contributed by atoms with Gasteiger partial charge in [0.2, 0.25) is 0 Å². The van der Waals surface area contributed by atoms with Crippen molar-refractivity contribution in [3.63, 3.8) is 0 Å². The highest BCUT2D eigenvalue weighted by Crippen LogP contribution is 2.20. The van der Waals surface area contributed by atoms with E-state index in [1.54, 1.807) is 6.07 Å². The third-order valence-electron chi connectivity index (χ3n) is 2.11. The number of thioether (sulfide) groups is 1. The van der Waals surface area contributed by atoms with Crippen LogP contribution >= 0.6 is 11.8 Å². The second-order valence-electron chi connectivity index (χ2n) is 3.21. The third-order valence-corrected chi connectivity index (χ3v) is 3.04. The van der Waals surface area contributed by atoms with Gasteiger partial charge in [-0.25, -0.2) is 9.37 Å². The number of rotatable bonds is 4. The summed E-state index contributed by atoms with van der Waals surface area (Å²) in [4.78, 5) is 3.95. The lowest BCUT2D eigenvalue weighted by atomic mass is 10.1. The van der Waals surface area contributed by atoms with Crippen molar-refractivity contribution in [3.05, 3.63) is 41.5 Å². The molecule has 16 heavy (non-hydrogen) atoms. The Morgan fingerprint density at radius 3 is 2.94 bits per heavy atom. The summed E-state index contributed by atoms with van der Waals surface area (Å²) in [7, 11) is 0. The lowest BCUT2D eigenvalue weighted by Crippen LogP contribution is -1.98. The summed E-state index contributed by atoms with van der Waals surface area (Å²) in [5.74, 6) is 0.293. The number of nitrogens with two attached hydrogens (primary N) is 1. The number of hydrogen-bond acceptors (Lipinski definition) is 4. The average Bonchev–Trinajstić information content (AvgIpc) is 2.80. The Hall–Kier alpha value is -1.40. The average molecular weight is 238 g/mol. The van der Waals surface area contributed by atoms with Crippen LogP contribution in [0, 0.1) is 5.82 Å². The zero-order chi connectivity index (χ0) is 11.4. The minimum atomic E-state index is -0.227. The van der Waals surface area contributed by atoms with Crippen LogP contribution in [0.15, 0.2) is 29.7 Å². The van der Waals surface area contributed by atoms with E-state index in [1.807, 2.05) is 6.07 Å². The fraction of sp³-hybridized carbons (Fsp3) is 0.200. The van der Waals surface area contributed by atoms with Gasteiger partial charge in [-0.1, -0.05) is 23.9 Å². The molecule has 0 aliphatic rings. The minimum Gasteiger partial charge on any atom is -0.326 e. The molecule has 84 valence electrons. The first-order valence-corrected chi connectivity index (χ1v) is 5.73. The molecule has 2 aromatic rings. The molecular weight excluding hydrogens is 227 g/mol. The van der Waals surface area contributed by atoms with Crippen LogP contribution in [-0.4, -0.2) is 15.2 Å². The second-order valence-corrected chi connectivity index (χ2v) is 4.17. The molecule has 0 radical (unpaired) electrons. The van der Waals surface area contributed by atoms with Crippen molar-refractivity contribution in [2.45, 2.75) is 17.5 Å². The molecule has 0 saturated heterocycles. The van der Waals surface area contributed by atoms with Gasteiger partial charge in [0.05, 0.1) is 0 Å². The molecule has 4 nitrogen and oxygen atoms in total. The van der Waals surface area contributed by atoms with E-state index in [9.17, 15) is 4.39 Å². The van der Waals surface area contributed by atoms with E-state index in [4.69, 9.17) is 5.73 Å². The predicted octanol–water partition coefficient (Wildman–Crippen LogP) is 1.69. The topological polar surface area (TPSA) is 67.6 Å². The van der Waals surface area contributed by atoms with Crippen LogP contribution in [0.5, 0.6) is 0 Å². The number of H-pyrrole nitrogens is 1.